The highest BCUT2D eigenvalue weighted by molar-refractivity contribution is 6.73. The molecule has 0 aliphatic rings. The van der Waals surface area contributed by atoms with E-state index in [-0.39, 0.29) is 6.29 Å². The molecule has 0 aromatic carbocycles. The zero-order valence-corrected chi connectivity index (χ0v) is 18.5. The van der Waals surface area contributed by atoms with Crippen LogP contribution in [0.4, 0.5) is 0 Å². The van der Waals surface area contributed by atoms with E-state index >= 15 is 0 Å². The predicted octanol–water partition coefficient (Wildman–Crippen LogP) is 6.69. The van der Waals surface area contributed by atoms with Gasteiger partial charge in [0.2, 0.25) is 0 Å². The Morgan fingerprint density at radius 3 is 1.96 bits per heavy atom. The predicted molar refractivity (Wildman–Crippen MR) is 112 cm³/mol. The van der Waals surface area contributed by atoms with Gasteiger partial charge in [-0.3, -0.25) is 0 Å². The average molecular weight is 373 g/mol. The van der Waals surface area contributed by atoms with E-state index in [9.17, 15) is 0 Å². The molecule has 0 amide bonds. The lowest BCUT2D eigenvalue weighted by molar-refractivity contribution is -0.143. The molecule has 25 heavy (non-hydrogen) atoms. The van der Waals surface area contributed by atoms with Crippen LogP contribution in [0.1, 0.15) is 79.1 Å². The van der Waals surface area contributed by atoms with Crippen LogP contribution in [0.2, 0.25) is 18.1 Å². The molecule has 0 aromatic rings. The van der Waals surface area contributed by atoms with Gasteiger partial charge in [0.1, 0.15) is 0 Å². The molecule has 150 valence electrons. The van der Waals surface area contributed by atoms with Gasteiger partial charge in [0, 0.05) is 0 Å². The summed E-state index contributed by atoms with van der Waals surface area (Å²) in [5, 5.41) is 0. The van der Waals surface area contributed by atoms with Crippen molar-refractivity contribution in [2.75, 3.05) is 19.8 Å². The lowest BCUT2D eigenvalue weighted by Gasteiger charge is -2.28. The molecule has 0 N–H and O–H groups in total. The quantitative estimate of drug-likeness (QED) is 0.109. The molecular formula is C21H44O3Si. The summed E-state index contributed by atoms with van der Waals surface area (Å²) in [5.41, 5.74) is 0. The van der Waals surface area contributed by atoms with Crippen molar-refractivity contribution in [2.24, 2.45) is 0 Å². The first-order valence-electron chi connectivity index (χ1n) is 10.7. The van der Waals surface area contributed by atoms with E-state index in [1.54, 1.807) is 6.08 Å². The number of hydrogen-bond acceptors (Lipinski definition) is 3. The van der Waals surface area contributed by atoms with Crippen molar-refractivity contribution in [1.29, 1.82) is 0 Å². The summed E-state index contributed by atoms with van der Waals surface area (Å²) >= 11 is 0. The van der Waals surface area contributed by atoms with Crippen molar-refractivity contribution in [2.45, 2.75) is 103 Å². The molecule has 0 saturated heterocycles. The van der Waals surface area contributed by atoms with Gasteiger partial charge in [-0.15, -0.1) is 6.58 Å². The number of hydrogen-bond donors (Lipinski definition) is 0. The van der Waals surface area contributed by atoms with Crippen molar-refractivity contribution >= 4 is 8.32 Å². The minimum Gasteiger partial charge on any atom is -0.414 e. The van der Waals surface area contributed by atoms with Gasteiger partial charge < -0.3 is 13.9 Å². The lowest BCUT2D eigenvalue weighted by Crippen LogP contribution is -2.37. The maximum Gasteiger partial charge on any atom is 0.192 e. The summed E-state index contributed by atoms with van der Waals surface area (Å²) in [6.07, 6.45) is 11.8. The van der Waals surface area contributed by atoms with E-state index in [0.717, 1.165) is 6.42 Å². The van der Waals surface area contributed by atoms with Gasteiger partial charge in [0.15, 0.2) is 14.6 Å². The first-order valence-corrected chi connectivity index (χ1v) is 13.2. The summed E-state index contributed by atoms with van der Waals surface area (Å²) in [4.78, 5) is 0. The van der Waals surface area contributed by atoms with Crippen molar-refractivity contribution in [3.63, 3.8) is 0 Å². The second-order valence-electron chi connectivity index (χ2n) is 6.92. The van der Waals surface area contributed by atoms with Gasteiger partial charge in [-0.25, -0.2) is 0 Å². The molecule has 0 aliphatic heterocycles. The highest BCUT2D eigenvalue weighted by atomic mass is 28.4. The minimum atomic E-state index is -1.50. The first kappa shape index (κ1) is 24.8. The van der Waals surface area contributed by atoms with Gasteiger partial charge in [0.25, 0.3) is 0 Å². The molecule has 0 heterocycles. The minimum absolute atomic E-state index is 0.113. The fraction of sp³-hybridized carbons (Fsp3) is 0.905. The van der Waals surface area contributed by atoms with E-state index in [0.29, 0.717) is 19.8 Å². The Labute approximate surface area is 158 Å². The van der Waals surface area contributed by atoms with E-state index in [1.807, 2.05) is 0 Å². The molecular weight excluding hydrogens is 328 g/mol. The number of ether oxygens (including phenoxy) is 2. The van der Waals surface area contributed by atoms with E-state index in [4.69, 9.17) is 13.9 Å². The van der Waals surface area contributed by atoms with Gasteiger partial charge in [-0.2, -0.15) is 0 Å². The zero-order chi connectivity index (χ0) is 18.8. The largest absolute Gasteiger partial charge is 0.414 e. The molecule has 0 bridgehead atoms. The monoisotopic (exact) mass is 372 g/mol. The van der Waals surface area contributed by atoms with Gasteiger partial charge in [-0.1, -0.05) is 72.3 Å². The van der Waals surface area contributed by atoms with Gasteiger partial charge >= 0.3 is 0 Å². The maximum atomic E-state index is 6.25. The third kappa shape index (κ3) is 12.8. The summed E-state index contributed by atoms with van der Waals surface area (Å²) < 4.78 is 18.0. The Hall–Kier alpha value is -0.163. The topological polar surface area (TPSA) is 27.7 Å². The molecule has 0 spiro atoms. The Kier molecular flexibility index (Phi) is 17.1. The van der Waals surface area contributed by atoms with Crippen LogP contribution in [0.5, 0.6) is 0 Å². The van der Waals surface area contributed by atoms with Crippen LogP contribution in [0, 0.1) is 0 Å². The highest BCUT2D eigenvalue weighted by Gasteiger charge is 2.28. The van der Waals surface area contributed by atoms with Crippen molar-refractivity contribution < 1.29 is 13.9 Å². The Morgan fingerprint density at radius 2 is 1.40 bits per heavy atom. The normalized spacial score (nSPS) is 13.1. The lowest BCUT2D eigenvalue weighted by atomic mass is 10.1. The molecule has 0 aromatic heterocycles. The van der Waals surface area contributed by atoms with Crippen LogP contribution in [-0.2, 0) is 13.9 Å². The van der Waals surface area contributed by atoms with Crippen LogP contribution in [0.25, 0.3) is 0 Å². The Bertz CT molecular complexity index is 285. The summed E-state index contributed by atoms with van der Waals surface area (Å²) in [5.74, 6) is 0. The molecule has 3 nitrogen and oxygen atoms in total. The molecule has 0 aliphatic carbocycles. The molecule has 0 rings (SSSR count). The van der Waals surface area contributed by atoms with Crippen LogP contribution < -0.4 is 0 Å². The van der Waals surface area contributed by atoms with E-state index < -0.39 is 8.32 Å². The molecule has 0 fully saturated rings. The third-order valence-corrected chi connectivity index (χ3v) is 9.85. The van der Waals surface area contributed by atoms with Crippen LogP contribution in [0.3, 0.4) is 0 Å². The van der Waals surface area contributed by atoms with Crippen molar-refractivity contribution in [1.82, 2.24) is 0 Å². The highest BCUT2D eigenvalue weighted by Crippen LogP contribution is 2.21. The number of unbranched alkanes of at least 4 members (excludes halogenated alkanes) is 6. The summed E-state index contributed by atoms with van der Waals surface area (Å²) in [7, 11) is -1.50. The fourth-order valence-corrected chi connectivity index (χ4v) is 5.78. The molecule has 0 saturated carbocycles. The SMILES string of the molecule is C=CCOC(CCCCCCCCC)OCCO[Si](CC)(CC)CC. The standard InChI is InChI=1S/C21H44O3Si/c1-6-11-12-13-14-15-16-17-21(22-18-7-2)23-19-20-24-25(8-3,9-4)10-5/h7,21H,2,6,8-20H2,1,3-5H3. The third-order valence-electron chi connectivity index (χ3n) is 5.17. The van der Waals surface area contributed by atoms with Crippen LogP contribution in [-0.4, -0.2) is 34.4 Å². The van der Waals surface area contributed by atoms with E-state index in [1.165, 1.54) is 63.1 Å². The first-order chi connectivity index (χ1) is 12.2. The van der Waals surface area contributed by atoms with Crippen molar-refractivity contribution in [3.05, 3.63) is 12.7 Å². The Morgan fingerprint density at radius 1 is 0.800 bits per heavy atom. The average Bonchev–Trinajstić information content (AvgIpc) is 2.65. The molecule has 4 heteroatoms. The summed E-state index contributed by atoms with van der Waals surface area (Å²) in [6, 6.07) is 3.57. The van der Waals surface area contributed by atoms with Gasteiger partial charge in [-0.05, 0) is 31.0 Å². The fourth-order valence-electron chi connectivity index (χ4n) is 3.15. The maximum absolute atomic E-state index is 6.25. The second-order valence-corrected chi connectivity index (χ2v) is 11.7. The molecule has 1 unspecified atom stereocenters. The smallest absolute Gasteiger partial charge is 0.192 e. The van der Waals surface area contributed by atoms with Crippen LogP contribution >= 0.6 is 0 Å². The van der Waals surface area contributed by atoms with Crippen molar-refractivity contribution in [3.8, 4) is 0 Å². The van der Waals surface area contributed by atoms with Crippen LogP contribution in [0.15, 0.2) is 12.7 Å². The zero-order valence-electron chi connectivity index (χ0n) is 17.5. The second kappa shape index (κ2) is 17.3. The molecule has 0 radical (unpaired) electrons. The van der Waals surface area contributed by atoms with Gasteiger partial charge in [0.05, 0.1) is 19.8 Å². The molecule has 1 atom stereocenters. The summed E-state index contributed by atoms with van der Waals surface area (Å²) in [6.45, 7) is 14.7. The van der Waals surface area contributed by atoms with E-state index in [2.05, 4.69) is 34.3 Å². The Balaban J connectivity index is 3.96. The number of rotatable bonds is 19.